The normalized spacial score (nSPS) is 25.3. The summed E-state index contributed by atoms with van der Waals surface area (Å²) < 4.78 is 24.6. The van der Waals surface area contributed by atoms with Crippen LogP contribution in [0.4, 0.5) is 0 Å². The summed E-state index contributed by atoms with van der Waals surface area (Å²) in [6.45, 7) is 4.10. The number of benzene rings is 1. The van der Waals surface area contributed by atoms with E-state index < -0.39 is 9.84 Å². The minimum atomic E-state index is -3.51. The first kappa shape index (κ1) is 15.7. The predicted molar refractivity (Wildman–Crippen MR) is 85.5 cm³/mol. The molecule has 0 radical (unpaired) electrons. The molecular weight excluding hydrogens is 298 g/mol. The monoisotopic (exact) mass is 321 g/mol. The second-order valence-electron chi connectivity index (χ2n) is 6.76. The maximum Gasteiger partial charge on any atom is 0.185 e. The van der Waals surface area contributed by atoms with Crippen molar-refractivity contribution in [2.75, 3.05) is 25.4 Å². The van der Waals surface area contributed by atoms with Crippen LogP contribution < -0.4 is 0 Å². The van der Waals surface area contributed by atoms with Crippen LogP contribution in [0, 0.1) is 18.8 Å². The predicted octanol–water partition coefficient (Wildman–Crippen LogP) is 2.07. The zero-order valence-electron chi connectivity index (χ0n) is 13.0. The van der Waals surface area contributed by atoms with Gasteiger partial charge in [-0.1, -0.05) is 24.1 Å². The van der Waals surface area contributed by atoms with Gasteiger partial charge in [0.1, 0.15) is 5.75 Å². The summed E-state index contributed by atoms with van der Waals surface area (Å²) in [4.78, 5) is 14.5. The summed E-state index contributed by atoms with van der Waals surface area (Å²) in [5, 5.41) is 0. The van der Waals surface area contributed by atoms with Crippen molar-refractivity contribution in [3.8, 4) is 0 Å². The van der Waals surface area contributed by atoms with Crippen LogP contribution in [0.1, 0.15) is 24.8 Å². The first-order valence-corrected chi connectivity index (χ1v) is 9.63. The average Bonchev–Trinajstić information content (AvgIpc) is 2.99. The number of nitrogens with zero attached hydrogens (tertiary/aromatic N) is 1. The van der Waals surface area contributed by atoms with Gasteiger partial charge in [0.15, 0.2) is 15.6 Å². The van der Waals surface area contributed by atoms with Crippen LogP contribution in [-0.2, 0) is 14.6 Å². The van der Waals surface area contributed by atoms with Crippen LogP contribution in [0.15, 0.2) is 29.2 Å². The number of likely N-dealkylation sites (tertiary alicyclic amines) is 1. The van der Waals surface area contributed by atoms with Gasteiger partial charge < -0.3 is 0 Å². The highest BCUT2D eigenvalue weighted by Gasteiger charge is 2.36. The van der Waals surface area contributed by atoms with Gasteiger partial charge in [0.05, 0.1) is 11.4 Å². The van der Waals surface area contributed by atoms with Crippen LogP contribution in [0.25, 0.3) is 0 Å². The number of ketones is 1. The second kappa shape index (κ2) is 6.13. The molecule has 2 aliphatic rings. The Hall–Kier alpha value is -1.20. The van der Waals surface area contributed by atoms with E-state index in [4.69, 9.17) is 0 Å². The van der Waals surface area contributed by atoms with E-state index in [-0.39, 0.29) is 23.0 Å². The number of carbonyl (C=O) groups excluding carboxylic acids is 1. The Bertz CT molecular complexity index is 639. The molecule has 3 rings (SSSR count). The number of rotatable bonds is 5. The third-order valence-electron chi connectivity index (χ3n) is 4.93. The lowest BCUT2D eigenvalue weighted by atomic mass is 10.0. The van der Waals surface area contributed by atoms with Gasteiger partial charge in [-0.3, -0.25) is 9.69 Å². The maximum atomic E-state index is 12.3. The average molecular weight is 321 g/mol. The molecule has 0 N–H and O–H groups in total. The highest BCUT2D eigenvalue weighted by Crippen LogP contribution is 2.37. The minimum absolute atomic E-state index is 0.194. The van der Waals surface area contributed by atoms with Gasteiger partial charge in [-0.05, 0) is 43.7 Å². The first-order chi connectivity index (χ1) is 10.4. The first-order valence-electron chi connectivity index (χ1n) is 7.97. The zero-order valence-corrected chi connectivity index (χ0v) is 13.8. The third-order valence-corrected chi connectivity index (χ3v) is 6.63. The Morgan fingerprint density at radius 3 is 2.32 bits per heavy atom. The van der Waals surface area contributed by atoms with E-state index in [1.807, 2.05) is 6.92 Å². The van der Waals surface area contributed by atoms with E-state index in [1.165, 1.54) is 19.3 Å². The van der Waals surface area contributed by atoms with Gasteiger partial charge in [-0.25, -0.2) is 8.42 Å². The highest BCUT2D eigenvalue weighted by molar-refractivity contribution is 7.92. The van der Waals surface area contributed by atoms with Crippen molar-refractivity contribution in [2.45, 2.75) is 31.1 Å². The number of hydrogen-bond acceptors (Lipinski definition) is 4. The summed E-state index contributed by atoms with van der Waals surface area (Å²) >= 11 is 0. The second-order valence-corrected chi connectivity index (χ2v) is 8.75. The molecule has 1 aliphatic carbocycles. The molecule has 0 bridgehead atoms. The molecule has 1 heterocycles. The van der Waals surface area contributed by atoms with Crippen molar-refractivity contribution >= 4 is 15.6 Å². The summed E-state index contributed by atoms with van der Waals surface area (Å²) in [6.07, 6.45) is 3.83. The Morgan fingerprint density at radius 2 is 1.73 bits per heavy atom. The smallest absolute Gasteiger partial charge is 0.185 e. The molecule has 2 fully saturated rings. The molecule has 0 amide bonds. The van der Waals surface area contributed by atoms with Gasteiger partial charge in [0.25, 0.3) is 0 Å². The topological polar surface area (TPSA) is 54.5 Å². The maximum absolute atomic E-state index is 12.3. The SMILES string of the molecule is Cc1ccc(S(=O)(=O)CC(=O)CN2CC3CCCC3C2)cc1. The van der Waals surface area contributed by atoms with Gasteiger partial charge in [-0.2, -0.15) is 0 Å². The van der Waals surface area contributed by atoms with E-state index in [9.17, 15) is 13.2 Å². The van der Waals surface area contributed by atoms with Crippen LogP contribution in [-0.4, -0.2) is 44.5 Å². The number of hydrogen-bond donors (Lipinski definition) is 0. The van der Waals surface area contributed by atoms with Crippen molar-refractivity contribution < 1.29 is 13.2 Å². The number of aryl methyl sites for hydroxylation is 1. The van der Waals surface area contributed by atoms with Gasteiger partial charge >= 0.3 is 0 Å². The van der Waals surface area contributed by atoms with E-state index in [0.717, 1.165) is 30.5 Å². The molecule has 4 nitrogen and oxygen atoms in total. The lowest BCUT2D eigenvalue weighted by Crippen LogP contribution is -2.32. The van der Waals surface area contributed by atoms with Crippen molar-refractivity contribution in [1.82, 2.24) is 4.90 Å². The Kier molecular flexibility index (Phi) is 4.37. The van der Waals surface area contributed by atoms with Gasteiger partial charge in [0.2, 0.25) is 0 Å². The zero-order chi connectivity index (χ0) is 15.7. The molecule has 120 valence electrons. The largest absolute Gasteiger partial charge is 0.297 e. The fourth-order valence-electron chi connectivity index (χ4n) is 3.80. The molecule has 1 aromatic carbocycles. The number of sulfone groups is 1. The number of carbonyl (C=O) groups is 1. The number of fused-ring (bicyclic) bond motifs is 1. The Morgan fingerprint density at radius 1 is 1.14 bits per heavy atom. The van der Waals surface area contributed by atoms with Crippen molar-refractivity contribution in [1.29, 1.82) is 0 Å². The van der Waals surface area contributed by atoms with Gasteiger partial charge in [0, 0.05) is 13.1 Å². The summed E-state index contributed by atoms with van der Waals surface area (Å²) in [5.74, 6) is 0.866. The van der Waals surface area contributed by atoms with Crippen LogP contribution in [0.2, 0.25) is 0 Å². The molecule has 1 aliphatic heterocycles. The van der Waals surface area contributed by atoms with E-state index in [0.29, 0.717) is 0 Å². The summed E-state index contributed by atoms with van der Waals surface area (Å²) in [6, 6.07) is 6.69. The van der Waals surface area contributed by atoms with Crippen LogP contribution >= 0.6 is 0 Å². The molecule has 1 saturated heterocycles. The molecule has 5 heteroatoms. The molecule has 0 aromatic heterocycles. The standard InChI is InChI=1S/C17H23NO3S/c1-13-5-7-17(8-6-13)22(20,21)12-16(19)11-18-9-14-3-2-4-15(14)10-18/h5-8,14-15H,2-4,9-12H2,1H3. The van der Waals surface area contributed by atoms with Crippen LogP contribution in [0.5, 0.6) is 0 Å². The van der Waals surface area contributed by atoms with E-state index in [2.05, 4.69) is 4.90 Å². The lowest BCUT2D eigenvalue weighted by Gasteiger charge is -2.15. The minimum Gasteiger partial charge on any atom is -0.297 e. The van der Waals surface area contributed by atoms with E-state index >= 15 is 0 Å². The molecular formula is C17H23NO3S. The fraction of sp³-hybridized carbons (Fsp3) is 0.588. The Balaban J connectivity index is 1.58. The van der Waals surface area contributed by atoms with Crippen molar-refractivity contribution in [3.05, 3.63) is 29.8 Å². The molecule has 2 unspecified atom stereocenters. The molecule has 0 spiro atoms. The number of Topliss-reactive ketones (excluding diaryl/α,β-unsaturated/α-hetero) is 1. The highest BCUT2D eigenvalue weighted by atomic mass is 32.2. The van der Waals surface area contributed by atoms with Gasteiger partial charge in [-0.15, -0.1) is 0 Å². The Labute approximate surface area is 132 Å². The fourth-order valence-corrected chi connectivity index (χ4v) is 5.03. The quantitative estimate of drug-likeness (QED) is 0.833. The third kappa shape index (κ3) is 3.41. The van der Waals surface area contributed by atoms with Crippen molar-refractivity contribution in [2.24, 2.45) is 11.8 Å². The molecule has 1 aromatic rings. The van der Waals surface area contributed by atoms with Crippen molar-refractivity contribution in [3.63, 3.8) is 0 Å². The molecule has 1 saturated carbocycles. The lowest BCUT2D eigenvalue weighted by molar-refractivity contribution is -0.117. The molecule has 2 atom stereocenters. The van der Waals surface area contributed by atoms with Crippen LogP contribution in [0.3, 0.4) is 0 Å². The molecule has 22 heavy (non-hydrogen) atoms. The summed E-state index contributed by atoms with van der Waals surface area (Å²) in [7, 11) is -3.51. The van der Waals surface area contributed by atoms with E-state index in [1.54, 1.807) is 24.3 Å². The summed E-state index contributed by atoms with van der Waals surface area (Å²) in [5.41, 5.74) is 1.01.